The maximum absolute atomic E-state index is 12.6. The normalized spacial score (nSPS) is 18.5. The Hall–Kier alpha value is -2.09. The number of carbonyl (C=O) groups is 1. The maximum Gasteiger partial charge on any atom is 0.321 e. The Morgan fingerprint density at radius 1 is 0.967 bits per heavy atom. The van der Waals surface area contributed by atoms with Crippen LogP contribution in [-0.4, -0.2) is 66.3 Å². The Labute approximate surface area is 186 Å². The third-order valence-electron chi connectivity index (χ3n) is 5.97. The molecule has 2 saturated heterocycles. The average molecular weight is 473 g/mol. The van der Waals surface area contributed by atoms with Gasteiger partial charge in [0.1, 0.15) is 0 Å². The Bertz CT molecular complexity index is 862. The van der Waals surface area contributed by atoms with Gasteiger partial charge in [0.2, 0.25) is 0 Å². The zero-order valence-electron chi connectivity index (χ0n) is 17.1. The first-order valence-corrected chi connectivity index (χ1v) is 11.4. The molecule has 2 aromatic rings. The quantitative estimate of drug-likeness (QED) is 0.710. The number of nitrogens with zero attached hydrogens (tertiary/aromatic N) is 3. The van der Waals surface area contributed by atoms with Crippen LogP contribution in [0.5, 0.6) is 0 Å². The van der Waals surface area contributed by atoms with E-state index in [-0.39, 0.29) is 12.1 Å². The lowest BCUT2D eigenvalue weighted by molar-refractivity contribution is 0.141. The highest BCUT2D eigenvalue weighted by Gasteiger charge is 2.24. The molecular weight excluding hydrogens is 444 g/mol. The summed E-state index contributed by atoms with van der Waals surface area (Å²) in [5.41, 5.74) is 3.39. The van der Waals surface area contributed by atoms with Crippen LogP contribution in [0, 0.1) is 0 Å². The summed E-state index contributed by atoms with van der Waals surface area (Å²) in [6, 6.07) is 16.2. The van der Waals surface area contributed by atoms with E-state index >= 15 is 0 Å². The number of halogens is 1. The number of urea groups is 1. The average Bonchev–Trinajstić information content (AvgIpc) is 2.77. The fraction of sp³-hybridized carbons (Fsp3) is 0.435. The summed E-state index contributed by atoms with van der Waals surface area (Å²) >= 11 is 3.48. The number of rotatable bonds is 4. The standard InChI is InChI=1S/C23H29BrN4O2/c24-20-6-2-3-7-21(20)25-23(30)28-15-13-26(14-16-28)17-18-5-1-4-8-22(18)27-11-9-19(29)10-12-27/h1-8,19,29H,9-17H2,(H,25,30). The summed E-state index contributed by atoms with van der Waals surface area (Å²) in [4.78, 5) is 19.3. The van der Waals surface area contributed by atoms with Crippen molar-refractivity contribution in [2.45, 2.75) is 25.5 Å². The Morgan fingerprint density at radius 2 is 1.63 bits per heavy atom. The lowest BCUT2D eigenvalue weighted by atomic mass is 10.0. The largest absolute Gasteiger partial charge is 0.393 e. The van der Waals surface area contributed by atoms with Crippen molar-refractivity contribution in [3.63, 3.8) is 0 Å². The summed E-state index contributed by atoms with van der Waals surface area (Å²) in [7, 11) is 0. The van der Waals surface area contributed by atoms with Crippen LogP contribution >= 0.6 is 15.9 Å². The summed E-state index contributed by atoms with van der Waals surface area (Å²) in [6.07, 6.45) is 1.50. The van der Waals surface area contributed by atoms with Crippen molar-refractivity contribution < 1.29 is 9.90 Å². The molecule has 0 aromatic heterocycles. The summed E-state index contributed by atoms with van der Waals surface area (Å²) in [5.74, 6) is 0. The number of para-hydroxylation sites is 2. The minimum Gasteiger partial charge on any atom is -0.393 e. The summed E-state index contributed by atoms with van der Waals surface area (Å²) in [6.45, 7) is 5.84. The van der Waals surface area contributed by atoms with E-state index in [1.54, 1.807) is 0 Å². The molecule has 2 fully saturated rings. The van der Waals surface area contributed by atoms with Crippen LogP contribution in [0.3, 0.4) is 0 Å². The Kier molecular flexibility index (Phi) is 6.92. The van der Waals surface area contributed by atoms with Crippen LogP contribution in [0.4, 0.5) is 16.2 Å². The molecule has 2 aliphatic heterocycles. The number of hydrogen-bond donors (Lipinski definition) is 2. The summed E-state index contributed by atoms with van der Waals surface area (Å²) < 4.78 is 0.888. The SMILES string of the molecule is O=C(Nc1ccccc1Br)N1CCN(Cc2ccccc2N2CCC(O)CC2)CC1. The number of carbonyl (C=O) groups excluding carboxylic acids is 1. The number of hydrogen-bond acceptors (Lipinski definition) is 4. The first-order valence-electron chi connectivity index (χ1n) is 10.6. The first-order chi connectivity index (χ1) is 14.6. The monoisotopic (exact) mass is 472 g/mol. The molecule has 0 unspecified atom stereocenters. The van der Waals surface area contributed by atoms with Crippen LogP contribution in [0.2, 0.25) is 0 Å². The molecular formula is C23H29BrN4O2. The fourth-order valence-corrected chi connectivity index (χ4v) is 4.55. The molecule has 2 heterocycles. The van der Waals surface area contributed by atoms with Gasteiger partial charge < -0.3 is 20.2 Å². The number of benzene rings is 2. The van der Waals surface area contributed by atoms with E-state index in [0.717, 1.165) is 55.7 Å². The van der Waals surface area contributed by atoms with Crippen LogP contribution in [0.25, 0.3) is 0 Å². The second-order valence-electron chi connectivity index (χ2n) is 8.02. The molecule has 0 spiro atoms. The maximum atomic E-state index is 12.6. The molecule has 0 bridgehead atoms. The molecule has 0 aliphatic carbocycles. The van der Waals surface area contributed by atoms with Gasteiger partial charge in [-0.15, -0.1) is 0 Å². The number of amides is 2. The Morgan fingerprint density at radius 3 is 2.37 bits per heavy atom. The molecule has 6 nitrogen and oxygen atoms in total. The summed E-state index contributed by atoms with van der Waals surface area (Å²) in [5, 5.41) is 12.8. The van der Waals surface area contributed by atoms with E-state index in [2.05, 4.69) is 55.3 Å². The van der Waals surface area contributed by atoms with E-state index in [0.29, 0.717) is 13.1 Å². The highest BCUT2D eigenvalue weighted by atomic mass is 79.9. The molecule has 2 aliphatic rings. The van der Waals surface area contributed by atoms with Crippen molar-refractivity contribution in [3.8, 4) is 0 Å². The Balaban J connectivity index is 1.32. The van der Waals surface area contributed by atoms with E-state index in [1.807, 2.05) is 29.2 Å². The first kappa shape index (κ1) is 21.2. The van der Waals surface area contributed by atoms with Crippen molar-refractivity contribution in [1.29, 1.82) is 0 Å². The molecule has 2 N–H and O–H groups in total. The van der Waals surface area contributed by atoms with Gasteiger partial charge in [0.25, 0.3) is 0 Å². The van der Waals surface area contributed by atoms with Gasteiger partial charge in [-0.05, 0) is 52.5 Å². The van der Waals surface area contributed by atoms with Crippen LogP contribution in [0.15, 0.2) is 53.0 Å². The van der Waals surface area contributed by atoms with E-state index < -0.39 is 0 Å². The highest BCUT2D eigenvalue weighted by molar-refractivity contribution is 9.10. The van der Waals surface area contributed by atoms with Gasteiger partial charge in [-0.3, -0.25) is 4.90 Å². The topological polar surface area (TPSA) is 59.1 Å². The van der Waals surface area contributed by atoms with Gasteiger partial charge in [-0.2, -0.15) is 0 Å². The van der Waals surface area contributed by atoms with Gasteiger partial charge in [0, 0.05) is 56.0 Å². The van der Waals surface area contributed by atoms with E-state index in [1.165, 1.54) is 11.3 Å². The molecule has 2 aromatic carbocycles. The van der Waals surface area contributed by atoms with E-state index in [9.17, 15) is 9.90 Å². The predicted octanol–water partition coefficient (Wildman–Crippen LogP) is 3.76. The number of piperazine rings is 1. The molecule has 160 valence electrons. The van der Waals surface area contributed by atoms with Crippen molar-refractivity contribution >= 4 is 33.3 Å². The van der Waals surface area contributed by atoms with Gasteiger partial charge in [0.05, 0.1) is 11.8 Å². The molecule has 30 heavy (non-hydrogen) atoms. The van der Waals surface area contributed by atoms with Gasteiger partial charge in [0.15, 0.2) is 0 Å². The number of piperidine rings is 1. The molecule has 0 saturated carbocycles. The van der Waals surface area contributed by atoms with Gasteiger partial charge in [-0.1, -0.05) is 30.3 Å². The number of aliphatic hydroxyl groups is 1. The highest BCUT2D eigenvalue weighted by Crippen LogP contribution is 2.26. The zero-order chi connectivity index (χ0) is 20.9. The lowest BCUT2D eigenvalue weighted by Crippen LogP contribution is -2.49. The predicted molar refractivity (Wildman–Crippen MR) is 124 cm³/mol. The minimum absolute atomic E-state index is 0.0474. The van der Waals surface area contributed by atoms with Gasteiger partial charge >= 0.3 is 6.03 Å². The number of nitrogens with one attached hydrogen (secondary N) is 1. The zero-order valence-corrected chi connectivity index (χ0v) is 18.7. The van der Waals surface area contributed by atoms with Crippen LogP contribution < -0.4 is 10.2 Å². The lowest BCUT2D eigenvalue weighted by Gasteiger charge is -2.37. The van der Waals surface area contributed by atoms with Crippen molar-refractivity contribution in [3.05, 3.63) is 58.6 Å². The second kappa shape index (κ2) is 9.81. The minimum atomic E-state index is -0.163. The third-order valence-corrected chi connectivity index (χ3v) is 6.66. The fourth-order valence-electron chi connectivity index (χ4n) is 4.17. The van der Waals surface area contributed by atoms with Gasteiger partial charge in [-0.25, -0.2) is 4.79 Å². The molecule has 4 rings (SSSR count). The van der Waals surface area contributed by atoms with Crippen LogP contribution in [0.1, 0.15) is 18.4 Å². The molecule has 0 atom stereocenters. The third kappa shape index (κ3) is 5.14. The smallest absolute Gasteiger partial charge is 0.321 e. The number of aliphatic hydroxyl groups excluding tert-OH is 1. The second-order valence-corrected chi connectivity index (χ2v) is 8.87. The van der Waals surface area contributed by atoms with Crippen molar-refractivity contribution in [2.75, 3.05) is 49.5 Å². The molecule has 2 amide bonds. The van der Waals surface area contributed by atoms with E-state index in [4.69, 9.17) is 0 Å². The van der Waals surface area contributed by atoms with Crippen LogP contribution in [-0.2, 0) is 6.54 Å². The number of anilines is 2. The van der Waals surface area contributed by atoms with Crippen molar-refractivity contribution in [2.24, 2.45) is 0 Å². The molecule has 7 heteroatoms. The molecule has 0 radical (unpaired) electrons. The van der Waals surface area contributed by atoms with Crippen molar-refractivity contribution in [1.82, 2.24) is 9.80 Å².